The summed E-state index contributed by atoms with van der Waals surface area (Å²) in [6, 6.07) is 13.8. The number of benzene rings is 2. The maximum absolute atomic E-state index is 11.0. The molecule has 0 aliphatic rings. The van der Waals surface area contributed by atoms with Gasteiger partial charge in [-0.2, -0.15) is 0 Å². The molecule has 3 nitrogen and oxygen atoms in total. The van der Waals surface area contributed by atoms with Crippen LogP contribution in [0.5, 0.6) is 0 Å². The Labute approximate surface area is 146 Å². The van der Waals surface area contributed by atoms with Crippen molar-refractivity contribution in [2.75, 3.05) is 0 Å². The van der Waals surface area contributed by atoms with E-state index >= 15 is 0 Å². The van der Waals surface area contributed by atoms with Gasteiger partial charge in [-0.25, -0.2) is 4.98 Å². The summed E-state index contributed by atoms with van der Waals surface area (Å²) < 4.78 is 6.27. The van der Waals surface area contributed by atoms with Crippen LogP contribution < -0.4 is 0 Å². The van der Waals surface area contributed by atoms with E-state index in [4.69, 9.17) is 4.42 Å². The van der Waals surface area contributed by atoms with E-state index in [-0.39, 0.29) is 5.78 Å². The largest absolute Gasteiger partial charge is 0.443 e. The second-order valence-electron chi connectivity index (χ2n) is 5.05. The van der Waals surface area contributed by atoms with Gasteiger partial charge in [0.25, 0.3) is 0 Å². The minimum Gasteiger partial charge on any atom is -0.443 e. The van der Waals surface area contributed by atoms with Crippen LogP contribution in [0.4, 0.5) is 0 Å². The Bertz CT molecular complexity index is 937. The van der Waals surface area contributed by atoms with Crippen molar-refractivity contribution in [3.63, 3.8) is 0 Å². The summed E-state index contributed by atoms with van der Waals surface area (Å²) in [5.74, 6) is 0.130. The number of nitrogens with zero attached hydrogens (tertiary/aromatic N) is 1. The maximum atomic E-state index is 11.0. The summed E-state index contributed by atoms with van der Waals surface area (Å²) >= 11 is 1.67. The molecule has 124 valence electrons. The molecule has 0 saturated heterocycles. The molecular weight excluding hydrogens is 318 g/mol. The lowest BCUT2D eigenvalue weighted by Crippen LogP contribution is -1.89. The van der Waals surface area contributed by atoms with Crippen molar-refractivity contribution < 1.29 is 9.21 Å². The molecule has 0 saturated carbocycles. The van der Waals surface area contributed by atoms with Gasteiger partial charge in [-0.05, 0) is 54.4 Å². The molecule has 0 aliphatic heterocycles. The summed E-state index contributed by atoms with van der Waals surface area (Å²) in [4.78, 5) is 15.0. The molecule has 0 N–H and O–H groups in total. The highest BCUT2D eigenvalue weighted by molar-refractivity contribution is 7.17. The van der Waals surface area contributed by atoms with Crippen LogP contribution in [-0.2, 0) is 0 Å². The van der Waals surface area contributed by atoms with Gasteiger partial charge in [0.15, 0.2) is 17.8 Å². The van der Waals surface area contributed by atoms with Crippen molar-refractivity contribution in [1.82, 2.24) is 4.98 Å². The number of rotatable bonds is 1. The van der Waals surface area contributed by atoms with Crippen molar-refractivity contribution in [1.29, 1.82) is 0 Å². The van der Waals surface area contributed by atoms with E-state index in [0.717, 1.165) is 16.7 Å². The van der Waals surface area contributed by atoms with Crippen LogP contribution in [0.1, 0.15) is 36.7 Å². The van der Waals surface area contributed by atoms with Gasteiger partial charge in [0.05, 0.1) is 0 Å². The SMILES string of the molecule is CC.CC(=O)c1ccc2ccsc2c1.Cc1ccc2ncoc2c1. The summed E-state index contributed by atoms with van der Waals surface area (Å²) in [6.07, 6.45) is 1.46. The number of aromatic nitrogens is 1. The van der Waals surface area contributed by atoms with Gasteiger partial charge in [0.2, 0.25) is 0 Å². The van der Waals surface area contributed by atoms with Gasteiger partial charge >= 0.3 is 0 Å². The van der Waals surface area contributed by atoms with Gasteiger partial charge in [-0.15, -0.1) is 11.3 Å². The van der Waals surface area contributed by atoms with E-state index in [9.17, 15) is 4.79 Å². The number of fused-ring (bicyclic) bond motifs is 2. The lowest BCUT2D eigenvalue weighted by molar-refractivity contribution is 0.101. The van der Waals surface area contributed by atoms with Crippen molar-refractivity contribution in [3.05, 3.63) is 65.4 Å². The van der Waals surface area contributed by atoms with Crippen molar-refractivity contribution in [3.8, 4) is 0 Å². The zero-order valence-corrected chi connectivity index (χ0v) is 15.2. The lowest BCUT2D eigenvalue weighted by Gasteiger charge is -1.94. The number of thiophene rings is 1. The van der Waals surface area contributed by atoms with Crippen molar-refractivity contribution in [2.24, 2.45) is 0 Å². The summed E-state index contributed by atoms with van der Waals surface area (Å²) in [6.45, 7) is 7.62. The number of hydrogen-bond acceptors (Lipinski definition) is 4. The average Bonchev–Trinajstić information content (AvgIpc) is 3.24. The Morgan fingerprint density at radius 2 is 1.88 bits per heavy atom. The van der Waals surface area contributed by atoms with E-state index in [1.165, 1.54) is 22.0 Å². The Hall–Kier alpha value is -2.46. The van der Waals surface area contributed by atoms with E-state index < -0.39 is 0 Å². The first-order valence-corrected chi connectivity index (χ1v) is 8.79. The zero-order valence-electron chi connectivity index (χ0n) is 14.4. The number of carbonyl (C=O) groups excluding carboxylic acids is 1. The van der Waals surface area contributed by atoms with Crippen LogP contribution in [0.2, 0.25) is 0 Å². The Kier molecular flexibility index (Phi) is 6.27. The van der Waals surface area contributed by atoms with Gasteiger partial charge in [-0.3, -0.25) is 4.79 Å². The first-order chi connectivity index (χ1) is 11.6. The topological polar surface area (TPSA) is 43.1 Å². The number of Topliss-reactive ketones (excluding diaryl/α,β-unsaturated/α-hetero) is 1. The first-order valence-electron chi connectivity index (χ1n) is 7.91. The van der Waals surface area contributed by atoms with Crippen molar-refractivity contribution in [2.45, 2.75) is 27.7 Å². The van der Waals surface area contributed by atoms with Crippen LogP contribution in [0.25, 0.3) is 21.2 Å². The summed E-state index contributed by atoms with van der Waals surface area (Å²) in [7, 11) is 0. The molecule has 0 spiro atoms. The van der Waals surface area contributed by atoms with Crippen LogP contribution in [-0.4, -0.2) is 10.8 Å². The second kappa shape index (κ2) is 8.41. The molecule has 2 aromatic carbocycles. The fourth-order valence-corrected chi connectivity index (χ4v) is 2.96. The first kappa shape index (κ1) is 17.9. The molecule has 2 heterocycles. The van der Waals surface area contributed by atoms with Crippen LogP contribution in [0.3, 0.4) is 0 Å². The minimum absolute atomic E-state index is 0.130. The number of aryl methyl sites for hydroxylation is 1. The molecule has 24 heavy (non-hydrogen) atoms. The third kappa shape index (κ3) is 4.30. The third-order valence-electron chi connectivity index (χ3n) is 3.35. The van der Waals surface area contributed by atoms with Gasteiger partial charge in [-0.1, -0.05) is 32.0 Å². The molecule has 0 bridgehead atoms. The molecule has 0 atom stereocenters. The summed E-state index contributed by atoms with van der Waals surface area (Å²) in [5.41, 5.74) is 3.78. The highest BCUT2D eigenvalue weighted by Crippen LogP contribution is 2.21. The Balaban J connectivity index is 0.000000160. The normalized spacial score (nSPS) is 9.83. The molecule has 0 amide bonds. The highest BCUT2D eigenvalue weighted by Gasteiger charge is 2.00. The predicted molar refractivity (Wildman–Crippen MR) is 102 cm³/mol. The number of oxazole rings is 1. The Morgan fingerprint density at radius 1 is 1.08 bits per heavy atom. The fraction of sp³-hybridized carbons (Fsp3) is 0.200. The van der Waals surface area contributed by atoms with Gasteiger partial charge in [0, 0.05) is 10.3 Å². The molecule has 4 rings (SSSR count). The average molecular weight is 339 g/mol. The quantitative estimate of drug-likeness (QED) is 0.384. The van der Waals surface area contributed by atoms with E-state index in [1.54, 1.807) is 18.3 Å². The predicted octanol–water partition coefficient (Wildman–Crippen LogP) is 6.27. The maximum Gasteiger partial charge on any atom is 0.181 e. The van der Waals surface area contributed by atoms with E-state index in [0.29, 0.717) is 0 Å². The molecule has 4 heteroatoms. The number of ketones is 1. The summed E-state index contributed by atoms with van der Waals surface area (Å²) in [5, 5.41) is 3.25. The van der Waals surface area contributed by atoms with Crippen LogP contribution in [0, 0.1) is 6.92 Å². The molecule has 0 radical (unpaired) electrons. The van der Waals surface area contributed by atoms with Crippen molar-refractivity contribution >= 4 is 38.3 Å². The molecule has 0 aliphatic carbocycles. The smallest absolute Gasteiger partial charge is 0.181 e. The third-order valence-corrected chi connectivity index (χ3v) is 4.23. The van der Waals surface area contributed by atoms with Crippen LogP contribution in [0.15, 0.2) is 58.7 Å². The lowest BCUT2D eigenvalue weighted by atomic mass is 10.1. The zero-order chi connectivity index (χ0) is 17.5. The van der Waals surface area contributed by atoms with E-state index in [1.807, 2.05) is 62.5 Å². The monoisotopic (exact) mass is 339 g/mol. The van der Waals surface area contributed by atoms with Crippen LogP contribution >= 0.6 is 11.3 Å². The molecule has 2 aromatic heterocycles. The molecular formula is C20H21NO2S. The number of hydrogen-bond donors (Lipinski definition) is 0. The standard InChI is InChI=1S/C10H8OS.C8H7NO.C2H6/c1-7(11)9-3-2-8-4-5-12-10(8)6-9;1-6-2-3-7-8(4-6)10-5-9-7;1-2/h2-6H,1H3;2-5H,1H3;1-2H3. The molecule has 0 fully saturated rings. The van der Waals surface area contributed by atoms with Gasteiger partial charge < -0.3 is 4.42 Å². The van der Waals surface area contributed by atoms with Gasteiger partial charge in [0.1, 0.15) is 5.52 Å². The Morgan fingerprint density at radius 3 is 2.62 bits per heavy atom. The minimum atomic E-state index is 0.130. The molecule has 4 aromatic rings. The highest BCUT2D eigenvalue weighted by atomic mass is 32.1. The van der Waals surface area contributed by atoms with E-state index in [2.05, 4.69) is 11.1 Å². The fourth-order valence-electron chi connectivity index (χ4n) is 2.14. The second-order valence-corrected chi connectivity index (χ2v) is 6.00. The molecule has 0 unspecified atom stereocenters. The number of carbonyl (C=O) groups is 1.